The molecule has 2 aliphatic carbocycles. The van der Waals surface area contributed by atoms with Gasteiger partial charge in [-0.15, -0.1) is 0 Å². The molecule has 7 aromatic rings. The van der Waals surface area contributed by atoms with Crippen molar-refractivity contribution in [2.24, 2.45) is 0 Å². The molecule has 0 amide bonds. The van der Waals surface area contributed by atoms with E-state index in [1.165, 1.54) is 49.9 Å². The highest BCUT2D eigenvalue weighted by Crippen LogP contribution is 2.46. The lowest BCUT2D eigenvalue weighted by molar-refractivity contribution is 1.21. The quantitative estimate of drug-likeness (QED) is 0.243. The molecule has 0 bridgehead atoms. The van der Waals surface area contributed by atoms with Crippen LogP contribution >= 0.6 is 0 Å². The second-order valence-electron chi connectivity index (χ2n) is 9.74. The summed E-state index contributed by atoms with van der Waals surface area (Å²) in [5.74, 6) is 0. The van der Waals surface area contributed by atoms with Gasteiger partial charge in [0, 0.05) is 23.2 Å². The van der Waals surface area contributed by atoms with Crippen molar-refractivity contribution in [2.45, 2.75) is 12.8 Å². The Bertz CT molecular complexity index is 2070. The van der Waals surface area contributed by atoms with Crippen molar-refractivity contribution in [1.82, 2.24) is 19.4 Å². The van der Waals surface area contributed by atoms with Gasteiger partial charge in [0.2, 0.25) is 0 Å². The number of aromatic nitrogens is 4. The predicted octanol–water partition coefficient (Wildman–Crippen LogP) is 6.73. The van der Waals surface area contributed by atoms with Gasteiger partial charge in [-0.25, -0.2) is 4.98 Å². The summed E-state index contributed by atoms with van der Waals surface area (Å²) >= 11 is 0. The summed E-state index contributed by atoms with van der Waals surface area (Å²) in [7, 11) is 0. The van der Waals surface area contributed by atoms with Crippen LogP contribution in [0.2, 0.25) is 0 Å². The van der Waals surface area contributed by atoms with Crippen LogP contribution < -0.4 is 0 Å². The molecule has 0 saturated carbocycles. The zero-order valence-corrected chi connectivity index (χ0v) is 18.8. The molecule has 4 heterocycles. The Morgan fingerprint density at radius 2 is 1.46 bits per heavy atom. The molecule has 0 atom stereocenters. The van der Waals surface area contributed by atoms with Crippen LogP contribution in [-0.4, -0.2) is 19.4 Å². The van der Waals surface area contributed by atoms with Gasteiger partial charge in [-0.2, -0.15) is 0 Å². The topological polar surface area (TPSA) is 43.1 Å². The SMILES string of the molecule is c1ccc2c(c1)Cc1cc3c(cc1-2)-c1cc2c(cc1C3)c1ncccc1n1c3ccncc3nc21. The van der Waals surface area contributed by atoms with Crippen LogP contribution in [0.3, 0.4) is 0 Å². The molecule has 0 saturated heterocycles. The molecule has 4 aromatic heterocycles. The van der Waals surface area contributed by atoms with E-state index >= 15 is 0 Å². The van der Waals surface area contributed by atoms with Gasteiger partial charge in [0.25, 0.3) is 0 Å². The number of pyridine rings is 3. The normalized spacial score (nSPS) is 13.5. The van der Waals surface area contributed by atoms with Gasteiger partial charge in [0.15, 0.2) is 0 Å². The largest absolute Gasteiger partial charge is 0.290 e. The zero-order chi connectivity index (χ0) is 22.7. The lowest BCUT2D eigenvalue weighted by Gasteiger charge is -2.11. The van der Waals surface area contributed by atoms with E-state index in [-0.39, 0.29) is 0 Å². The summed E-state index contributed by atoms with van der Waals surface area (Å²) in [6, 6.07) is 24.6. The van der Waals surface area contributed by atoms with Gasteiger partial charge in [0.1, 0.15) is 11.2 Å². The van der Waals surface area contributed by atoms with E-state index in [2.05, 4.69) is 64.0 Å². The summed E-state index contributed by atoms with van der Waals surface area (Å²) in [6.07, 6.45) is 7.56. The standard InChI is InChI=1S/C31H18N4/c1-2-5-21-17(4-1)10-18-11-19-12-20-13-25-26(15-24(20)23(19)14-22(18)21)31-34-27-16-32-9-7-28(27)35(31)29-6-3-8-33-30(25)29/h1-9,11,13-16H,10,12H2. The Kier molecular flexibility index (Phi) is 3.11. The summed E-state index contributed by atoms with van der Waals surface area (Å²) < 4.78 is 2.24. The number of hydrogen-bond donors (Lipinski definition) is 0. The molecule has 3 aromatic carbocycles. The molecule has 162 valence electrons. The van der Waals surface area contributed by atoms with Gasteiger partial charge in [0.05, 0.1) is 22.7 Å². The third-order valence-corrected chi connectivity index (χ3v) is 7.91. The molecule has 35 heavy (non-hydrogen) atoms. The first-order valence-electron chi connectivity index (χ1n) is 12.0. The number of rotatable bonds is 0. The number of imidazole rings is 1. The maximum absolute atomic E-state index is 5.04. The molecule has 2 aliphatic rings. The fraction of sp³-hybridized carbons (Fsp3) is 0.0645. The van der Waals surface area contributed by atoms with E-state index in [4.69, 9.17) is 9.97 Å². The minimum Gasteiger partial charge on any atom is -0.290 e. The van der Waals surface area contributed by atoms with E-state index in [0.717, 1.165) is 45.9 Å². The van der Waals surface area contributed by atoms with Crippen LogP contribution in [0.1, 0.15) is 22.3 Å². The van der Waals surface area contributed by atoms with Crippen LogP contribution in [0.4, 0.5) is 0 Å². The van der Waals surface area contributed by atoms with Gasteiger partial charge in [-0.3, -0.25) is 14.4 Å². The molecule has 0 aliphatic heterocycles. The van der Waals surface area contributed by atoms with Gasteiger partial charge in [-0.05, 0) is 93.7 Å². The van der Waals surface area contributed by atoms with Crippen molar-refractivity contribution in [2.75, 3.05) is 0 Å². The molecule has 4 heteroatoms. The van der Waals surface area contributed by atoms with Gasteiger partial charge >= 0.3 is 0 Å². The molecular formula is C31H18N4. The van der Waals surface area contributed by atoms with E-state index in [0.29, 0.717) is 0 Å². The highest BCUT2D eigenvalue weighted by molar-refractivity contribution is 6.14. The van der Waals surface area contributed by atoms with E-state index in [1.807, 2.05) is 30.7 Å². The van der Waals surface area contributed by atoms with E-state index in [1.54, 1.807) is 0 Å². The van der Waals surface area contributed by atoms with Gasteiger partial charge in [-0.1, -0.05) is 30.3 Å². The van der Waals surface area contributed by atoms with Crippen molar-refractivity contribution in [3.8, 4) is 22.3 Å². The van der Waals surface area contributed by atoms with Crippen LogP contribution in [0.5, 0.6) is 0 Å². The van der Waals surface area contributed by atoms with Crippen LogP contribution in [0.25, 0.3) is 60.7 Å². The number of hydrogen-bond acceptors (Lipinski definition) is 3. The van der Waals surface area contributed by atoms with Crippen molar-refractivity contribution >= 4 is 38.5 Å². The molecular weight excluding hydrogens is 428 g/mol. The van der Waals surface area contributed by atoms with Crippen molar-refractivity contribution in [3.05, 3.63) is 108 Å². The third-order valence-electron chi connectivity index (χ3n) is 7.91. The second kappa shape index (κ2) is 6.10. The Morgan fingerprint density at radius 1 is 0.629 bits per heavy atom. The minimum atomic E-state index is 0.903. The average Bonchev–Trinajstić information content (AvgIpc) is 3.57. The molecule has 4 nitrogen and oxygen atoms in total. The van der Waals surface area contributed by atoms with E-state index < -0.39 is 0 Å². The number of nitrogens with zero attached hydrogens (tertiary/aromatic N) is 4. The summed E-state index contributed by atoms with van der Waals surface area (Å²) in [4.78, 5) is 14.2. The number of fused-ring (bicyclic) bond motifs is 14. The monoisotopic (exact) mass is 446 g/mol. The third kappa shape index (κ3) is 2.20. The van der Waals surface area contributed by atoms with Crippen molar-refractivity contribution in [1.29, 1.82) is 0 Å². The second-order valence-corrected chi connectivity index (χ2v) is 9.74. The molecule has 0 spiro atoms. The van der Waals surface area contributed by atoms with Crippen molar-refractivity contribution in [3.63, 3.8) is 0 Å². The van der Waals surface area contributed by atoms with Crippen LogP contribution in [-0.2, 0) is 12.8 Å². The molecule has 9 rings (SSSR count). The summed E-state index contributed by atoms with van der Waals surface area (Å²) in [5.41, 5.74) is 16.1. The molecule has 0 unspecified atom stereocenters. The zero-order valence-electron chi connectivity index (χ0n) is 18.8. The smallest absolute Gasteiger partial charge is 0.146 e. The summed E-state index contributed by atoms with van der Waals surface area (Å²) in [5, 5.41) is 2.31. The Hall–Kier alpha value is -4.57. The molecule has 0 N–H and O–H groups in total. The Balaban J connectivity index is 1.40. The predicted molar refractivity (Wildman–Crippen MR) is 140 cm³/mol. The Morgan fingerprint density at radius 3 is 2.43 bits per heavy atom. The highest BCUT2D eigenvalue weighted by Gasteiger charge is 2.26. The molecule has 0 radical (unpaired) electrons. The maximum Gasteiger partial charge on any atom is 0.146 e. The average molecular weight is 447 g/mol. The lowest BCUT2D eigenvalue weighted by Crippen LogP contribution is -1.94. The fourth-order valence-electron chi connectivity index (χ4n) is 6.40. The lowest BCUT2D eigenvalue weighted by atomic mass is 9.96. The first-order valence-corrected chi connectivity index (χ1v) is 12.0. The Labute approximate surface area is 200 Å². The fourth-order valence-corrected chi connectivity index (χ4v) is 6.40. The highest BCUT2D eigenvalue weighted by atomic mass is 15.0. The van der Waals surface area contributed by atoms with Crippen LogP contribution in [0, 0.1) is 0 Å². The maximum atomic E-state index is 5.04. The minimum absolute atomic E-state index is 0.903. The first kappa shape index (κ1) is 17.8. The van der Waals surface area contributed by atoms with Crippen LogP contribution in [0.15, 0.2) is 85.3 Å². The molecule has 0 fully saturated rings. The van der Waals surface area contributed by atoms with E-state index in [9.17, 15) is 0 Å². The van der Waals surface area contributed by atoms with Crippen molar-refractivity contribution < 1.29 is 0 Å². The number of benzene rings is 3. The first-order chi connectivity index (χ1) is 17.3. The van der Waals surface area contributed by atoms with Gasteiger partial charge < -0.3 is 0 Å². The summed E-state index contributed by atoms with van der Waals surface area (Å²) in [6.45, 7) is 0.